The number of methoxy groups -OCH3 is 1. The Balaban J connectivity index is 2.04. The van der Waals surface area contributed by atoms with E-state index in [0.717, 1.165) is 11.3 Å². The van der Waals surface area contributed by atoms with Gasteiger partial charge in [0.1, 0.15) is 12.4 Å². The van der Waals surface area contributed by atoms with E-state index in [1.165, 1.54) is 0 Å². The van der Waals surface area contributed by atoms with Gasteiger partial charge in [0.15, 0.2) is 0 Å². The van der Waals surface area contributed by atoms with E-state index in [4.69, 9.17) is 9.47 Å². The maximum atomic E-state index is 11.8. The quantitative estimate of drug-likeness (QED) is 0.795. The molecule has 0 spiro atoms. The highest BCUT2D eigenvalue weighted by atomic mass is 16.5. The molecule has 4 heteroatoms. The summed E-state index contributed by atoms with van der Waals surface area (Å²) in [7, 11) is 1.60. The average molecular weight is 233 g/mol. The van der Waals surface area contributed by atoms with E-state index >= 15 is 0 Å². The molecule has 0 aliphatic carbocycles. The molecule has 90 valence electrons. The van der Waals surface area contributed by atoms with Crippen LogP contribution in [0.2, 0.25) is 0 Å². The lowest BCUT2D eigenvalue weighted by Gasteiger charge is -2.17. The Morgan fingerprint density at radius 2 is 2.29 bits per heavy atom. The zero-order valence-electron chi connectivity index (χ0n) is 9.73. The SMILES string of the molecule is COCCNC(=O)C1=Cc2ccccc2OC1. The van der Waals surface area contributed by atoms with Crippen molar-refractivity contribution in [3.8, 4) is 5.75 Å². The van der Waals surface area contributed by atoms with Gasteiger partial charge in [-0.1, -0.05) is 18.2 Å². The van der Waals surface area contributed by atoms with E-state index in [9.17, 15) is 4.79 Å². The number of hydrogen-bond donors (Lipinski definition) is 1. The van der Waals surface area contributed by atoms with Gasteiger partial charge in [0.2, 0.25) is 0 Å². The van der Waals surface area contributed by atoms with Crippen LogP contribution in [0.1, 0.15) is 5.56 Å². The fraction of sp³-hybridized carbons (Fsp3) is 0.308. The van der Waals surface area contributed by atoms with Crippen LogP contribution in [-0.2, 0) is 9.53 Å². The van der Waals surface area contributed by atoms with E-state index in [-0.39, 0.29) is 5.91 Å². The molecule has 0 unspecified atom stereocenters. The molecular weight excluding hydrogens is 218 g/mol. The molecule has 1 aliphatic heterocycles. The summed E-state index contributed by atoms with van der Waals surface area (Å²) in [6.07, 6.45) is 1.86. The predicted molar refractivity (Wildman–Crippen MR) is 64.8 cm³/mol. The van der Waals surface area contributed by atoms with Crippen molar-refractivity contribution in [3.05, 3.63) is 35.4 Å². The topological polar surface area (TPSA) is 47.6 Å². The minimum atomic E-state index is -0.100. The van der Waals surface area contributed by atoms with E-state index in [1.54, 1.807) is 7.11 Å². The van der Waals surface area contributed by atoms with Crippen molar-refractivity contribution in [1.82, 2.24) is 5.32 Å². The summed E-state index contributed by atoms with van der Waals surface area (Å²) in [5.41, 5.74) is 1.58. The summed E-state index contributed by atoms with van der Waals surface area (Å²) >= 11 is 0. The molecule has 1 amide bonds. The molecule has 1 heterocycles. The normalized spacial score (nSPS) is 13.4. The first-order valence-corrected chi connectivity index (χ1v) is 5.51. The Kier molecular flexibility index (Phi) is 3.77. The van der Waals surface area contributed by atoms with Crippen LogP contribution in [0, 0.1) is 0 Å². The zero-order valence-corrected chi connectivity index (χ0v) is 9.73. The van der Waals surface area contributed by atoms with Crippen LogP contribution in [0.15, 0.2) is 29.8 Å². The Bertz CT molecular complexity index is 440. The summed E-state index contributed by atoms with van der Waals surface area (Å²) in [6.45, 7) is 1.33. The van der Waals surface area contributed by atoms with Crippen molar-refractivity contribution in [1.29, 1.82) is 0 Å². The van der Waals surface area contributed by atoms with E-state index in [0.29, 0.717) is 25.3 Å². The summed E-state index contributed by atoms with van der Waals surface area (Å²) in [5.74, 6) is 0.720. The molecular formula is C13H15NO3. The molecule has 0 fully saturated rings. The third-order valence-electron chi connectivity index (χ3n) is 2.52. The lowest BCUT2D eigenvalue weighted by molar-refractivity contribution is -0.117. The Labute approximate surface area is 100 Å². The summed E-state index contributed by atoms with van der Waals surface area (Å²) in [5, 5.41) is 2.77. The third-order valence-corrected chi connectivity index (χ3v) is 2.52. The van der Waals surface area contributed by atoms with Crippen molar-refractivity contribution in [3.63, 3.8) is 0 Å². The van der Waals surface area contributed by atoms with Gasteiger partial charge in [-0.3, -0.25) is 4.79 Å². The van der Waals surface area contributed by atoms with Crippen molar-refractivity contribution >= 4 is 12.0 Å². The first-order valence-electron chi connectivity index (χ1n) is 5.51. The van der Waals surface area contributed by atoms with Gasteiger partial charge in [0.25, 0.3) is 5.91 Å². The maximum Gasteiger partial charge on any atom is 0.250 e. The van der Waals surface area contributed by atoms with Crippen LogP contribution in [0.5, 0.6) is 5.75 Å². The predicted octanol–water partition coefficient (Wildman–Crippen LogP) is 1.22. The number of para-hydroxylation sites is 1. The second kappa shape index (κ2) is 5.50. The van der Waals surface area contributed by atoms with Crippen molar-refractivity contribution < 1.29 is 14.3 Å². The second-order valence-corrected chi connectivity index (χ2v) is 3.74. The van der Waals surface area contributed by atoms with Crippen molar-refractivity contribution in [2.45, 2.75) is 0 Å². The minimum absolute atomic E-state index is 0.100. The lowest BCUT2D eigenvalue weighted by Crippen LogP contribution is -2.31. The number of nitrogens with one attached hydrogen (secondary N) is 1. The number of fused-ring (bicyclic) bond motifs is 1. The fourth-order valence-electron chi connectivity index (χ4n) is 1.63. The van der Waals surface area contributed by atoms with Crippen LogP contribution >= 0.6 is 0 Å². The molecule has 0 aromatic heterocycles. The Morgan fingerprint density at radius 1 is 1.47 bits per heavy atom. The third kappa shape index (κ3) is 2.85. The highest BCUT2D eigenvalue weighted by molar-refractivity contribution is 5.99. The number of ether oxygens (including phenoxy) is 2. The van der Waals surface area contributed by atoms with Gasteiger partial charge in [-0.25, -0.2) is 0 Å². The molecule has 4 nitrogen and oxygen atoms in total. The maximum absolute atomic E-state index is 11.8. The monoisotopic (exact) mass is 233 g/mol. The van der Waals surface area contributed by atoms with Gasteiger partial charge >= 0.3 is 0 Å². The molecule has 2 rings (SSSR count). The molecule has 1 N–H and O–H groups in total. The van der Waals surface area contributed by atoms with Gasteiger partial charge in [-0.05, 0) is 12.1 Å². The van der Waals surface area contributed by atoms with Gasteiger partial charge in [-0.15, -0.1) is 0 Å². The van der Waals surface area contributed by atoms with Gasteiger partial charge in [0, 0.05) is 19.2 Å². The standard InChI is InChI=1S/C13H15NO3/c1-16-7-6-14-13(15)11-8-10-4-2-3-5-12(10)17-9-11/h2-5,8H,6-7,9H2,1H3,(H,14,15). The summed E-state index contributed by atoms with van der Waals surface area (Å²) in [4.78, 5) is 11.8. The van der Waals surface area contributed by atoms with Crippen LogP contribution in [0.25, 0.3) is 6.08 Å². The first kappa shape index (κ1) is 11.7. The van der Waals surface area contributed by atoms with Crippen LogP contribution in [0.4, 0.5) is 0 Å². The van der Waals surface area contributed by atoms with E-state index < -0.39 is 0 Å². The van der Waals surface area contributed by atoms with Gasteiger partial charge in [0.05, 0.1) is 12.2 Å². The lowest BCUT2D eigenvalue weighted by atomic mass is 10.1. The molecule has 1 aromatic rings. The first-order chi connectivity index (χ1) is 8.31. The number of carbonyl (C=O) groups is 1. The summed E-state index contributed by atoms with van der Waals surface area (Å²) in [6, 6.07) is 7.66. The number of carbonyl (C=O) groups excluding carboxylic acids is 1. The molecule has 17 heavy (non-hydrogen) atoms. The fourth-order valence-corrected chi connectivity index (χ4v) is 1.63. The second-order valence-electron chi connectivity index (χ2n) is 3.74. The number of rotatable bonds is 4. The number of hydrogen-bond acceptors (Lipinski definition) is 3. The minimum Gasteiger partial charge on any atom is -0.488 e. The van der Waals surface area contributed by atoms with Crippen LogP contribution in [0.3, 0.4) is 0 Å². The Morgan fingerprint density at radius 3 is 3.12 bits per heavy atom. The van der Waals surface area contributed by atoms with E-state index in [1.807, 2.05) is 30.3 Å². The van der Waals surface area contributed by atoms with Crippen molar-refractivity contribution in [2.24, 2.45) is 0 Å². The highest BCUT2D eigenvalue weighted by Crippen LogP contribution is 2.25. The molecule has 1 aliphatic rings. The van der Waals surface area contributed by atoms with Gasteiger partial charge in [-0.2, -0.15) is 0 Å². The number of amides is 1. The zero-order chi connectivity index (χ0) is 12.1. The molecule has 0 bridgehead atoms. The average Bonchev–Trinajstić information content (AvgIpc) is 2.38. The molecule has 0 saturated heterocycles. The van der Waals surface area contributed by atoms with Gasteiger partial charge < -0.3 is 14.8 Å². The highest BCUT2D eigenvalue weighted by Gasteiger charge is 2.16. The largest absolute Gasteiger partial charge is 0.488 e. The van der Waals surface area contributed by atoms with Crippen molar-refractivity contribution in [2.75, 3.05) is 26.9 Å². The molecule has 0 saturated carbocycles. The molecule has 0 atom stereocenters. The smallest absolute Gasteiger partial charge is 0.250 e. The number of benzene rings is 1. The van der Waals surface area contributed by atoms with E-state index in [2.05, 4.69) is 5.32 Å². The Hall–Kier alpha value is -1.81. The molecule has 1 aromatic carbocycles. The van der Waals surface area contributed by atoms with Crippen LogP contribution < -0.4 is 10.1 Å². The summed E-state index contributed by atoms with van der Waals surface area (Å²) < 4.78 is 10.4. The van der Waals surface area contributed by atoms with Crippen LogP contribution in [-0.4, -0.2) is 32.8 Å². The molecule has 0 radical (unpaired) electrons.